The summed E-state index contributed by atoms with van der Waals surface area (Å²) in [7, 11) is 0. The molecular formula is C21H29N3OS. The molecule has 0 aromatic heterocycles. The number of aliphatic imine (C=N–C) groups is 1. The first-order valence-corrected chi connectivity index (χ1v) is 10.4. The van der Waals surface area contributed by atoms with E-state index in [0.29, 0.717) is 19.8 Å². The first-order valence-electron chi connectivity index (χ1n) is 9.02. The van der Waals surface area contributed by atoms with Crippen LogP contribution in [0.2, 0.25) is 0 Å². The molecule has 0 aliphatic rings. The van der Waals surface area contributed by atoms with Crippen LogP contribution < -0.4 is 10.6 Å². The summed E-state index contributed by atoms with van der Waals surface area (Å²) in [6.45, 7) is 5.79. The fraction of sp³-hybridized carbons (Fsp3) is 0.381. The molecule has 2 N–H and O–H groups in total. The molecule has 0 saturated carbocycles. The number of hydrogen-bond donors (Lipinski definition) is 2. The van der Waals surface area contributed by atoms with Crippen LogP contribution in [0.25, 0.3) is 0 Å². The highest BCUT2D eigenvalue weighted by molar-refractivity contribution is 7.98. The van der Waals surface area contributed by atoms with Gasteiger partial charge in [-0.1, -0.05) is 54.6 Å². The van der Waals surface area contributed by atoms with Gasteiger partial charge in [-0.15, -0.1) is 0 Å². The fourth-order valence-electron chi connectivity index (χ4n) is 2.39. The highest BCUT2D eigenvalue weighted by Gasteiger charge is 1.99. The van der Waals surface area contributed by atoms with Gasteiger partial charge in [-0.25, -0.2) is 4.99 Å². The molecule has 0 bridgehead atoms. The zero-order valence-corrected chi connectivity index (χ0v) is 16.5. The van der Waals surface area contributed by atoms with Gasteiger partial charge in [0.1, 0.15) is 0 Å². The Morgan fingerprint density at radius 2 is 1.58 bits per heavy atom. The molecule has 2 aromatic carbocycles. The lowest BCUT2D eigenvalue weighted by Crippen LogP contribution is -2.38. The lowest BCUT2D eigenvalue weighted by Gasteiger charge is -2.10. The molecule has 26 heavy (non-hydrogen) atoms. The molecule has 140 valence electrons. The van der Waals surface area contributed by atoms with Crippen molar-refractivity contribution in [3.63, 3.8) is 0 Å². The molecule has 0 saturated heterocycles. The fourth-order valence-corrected chi connectivity index (χ4v) is 2.69. The van der Waals surface area contributed by atoms with E-state index in [9.17, 15) is 0 Å². The normalized spacial score (nSPS) is 11.4. The molecule has 2 rings (SSSR count). The Hall–Kier alpha value is -1.98. The molecule has 0 radical (unpaired) electrons. The van der Waals surface area contributed by atoms with E-state index in [1.807, 2.05) is 30.0 Å². The van der Waals surface area contributed by atoms with E-state index in [-0.39, 0.29) is 0 Å². The zero-order chi connectivity index (χ0) is 18.5. The minimum absolute atomic E-state index is 0.622. The van der Waals surface area contributed by atoms with Crippen LogP contribution in [-0.2, 0) is 24.5 Å². The third-order valence-corrected chi connectivity index (χ3v) is 4.38. The van der Waals surface area contributed by atoms with Crippen LogP contribution >= 0.6 is 11.8 Å². The molecular weight excluding hydrogens is 342 g/mol. The van der Waals surface area contributed by atoms with Crippen molar-refractivity contribution in [2.24, 2.45) is 4.99 Å². The van der Waals surface area contributed by atoms with Gasteiger partial charge in [-0.2, -0.15) is 11.8 Å². The van der Waals surface area contributed by atoms with Gasteiger partial charge < -0.3 is 15.4 Å². The SMILES string of the molecule is CCNC(=NCc1ccc(COCc2ccccc2)cc1)NCCSC. The Labute approximate surface area is 161 Å². The maximum Gasteiger partial charge on any atom is 0.191 e. The summed E-state index contributed by atoms with van der Waals surface area (Å²) in [4.78, 5) is 4.64. The Bertz CT molecular complexity index is 644. The van der Waals surface area contributed by atoms with Crippen molar-refractivity contribution in [2.75, 3.05) is 25.1 Å². The van der Waals surface area contributed by atoms with Crippen molar-refractivity contribution in [2.45, 2.75) is 26.7 Å². The van der Waals surface area contributed by atoms with E-state index < -0.39 is 0 Å². The average molecular weight is 372 g/mol. The third kappa shape index (κ3) is 7.93. The highest BCUT2D eigenvalue weighted by Crippen LogP contribution is 2.09. The lowest BCUT2D eigenvalue weighted by atomic mass is 10.1. The molecule has 4 nitrogen and oxygen atoms in total. The molecule has 0 fully saturated rings. The van der Waals surface area contributed by atoms with Crippen molar-refractivity contribution in [3.05, 3.63) is 71.3 Å². The molecule has 0 unspecified atom stereocenters. The quantitative estimate of drug-likeness (QED) is 0.379. The predicted molar refractivity (Wildman–Crippen MR) is 113 cm³/mol. The largest absolute Gasteiger partial charge is 0.372 e. The first kappa shape index (κ1) is 20.3. The number of nitrogens with one attached hydrogen (secondary N) is 2. The summed E-state index contributed by atoms with van der Waals surface area (Å²) in [6, 6.07) is 18.7. The summed E-state index contributed by atoms with van der Waals surface area (Å²) >= 11 is 1.83. The van der Waals surface area contributed by atoms with Crippen molar-refractivity contribution < 1.29 is 4.74 Å². The summed E-state index contributed by atoms with van der Waals surface area (Å²) in [6.07, 6.45) is 2.11. The van der Waals surface area contributed by atoms with E-state index in [1.54, 1.807) is 0 Å². The number of rotatable bonds is 10. The number of guanidine groups is 1. The lowest BCUT2D eigenvalue weighted by molar-refractivity contribution is 0.107. The van der Waals surface area contributed by atoms with Crippen LogP contribution in [-0.4, -0.2) is 31.1 Å². The number of ether oxygens (including phenoxy) is 1. The van der Waals surface area contributed by atoms with Crippen LogP contribution in [0, 0.1) is 0 Å². The highest BCUT2D eigenvalue weighted by atomic mass is 32.2. The van der Waals surface area contributed by atoms with Gasteiger partial charge in [-0.3, -0.25) is 0 Å². The maximum atomic E-state index is 5.78. The number of benzene rings is 2. The van der Waals surface area contributed by atoms with Crippen LogP contribution in [0.1, 0.15) is 23.6 Å². The van der Waals surface area contributed by atoms with Crippen molar-refractivity contribution in [1.82, 2.24) is 10.6 Å². The summed E-state index contributed by atoms with van der Waals surface area (Å²) < 4.78 is 5.78. The second-order valence-corrected chi connectivity index (χ2v) is 6.90. The van der Waals surface area contributed by atoms with Crippen molar-refractivity contribution >= 4 is 17.7 Å². The van der Waals surface area contributed by atoms with Gasteiger partial charge in [0.05, 0.1) is 19.8 Å². The standard InChI is InChI=1S/C21H29N3OS/c1-3-22-21(23-13-14-26-2)24-15-18-9-11-20(12-10-18)17-25-16-19-7-5-4-6-8-19/h4-12H,3,13-17H2,1-2H3,(H2,22,23,24). The smallest absolute Gasteiger partial charge is 0.191 e. The Morgan fingerprint density at radius 3 is 2.23 bits per heavy atom. The molecule has 2 aromatic rings. The van der Waals surface area contributed by atoms with Gasteiger partial charge >= 0.3 is 0 Å². The topological polar surface area (TPSA) is 45.7 Å². The van der Waals surface area contributed by atoms with E-state index in [2.05, 4.69) is 65.2 Å². The van der Waals surface area contributed by atoms with Gasteiger partial charge in [0.25, 0.3) is 0 Å². The second kappa shape index (κ2) is 12.4. The Balaban J connectivity index is 1.79. The summed E-state index contributed by atoms with van der Waals surface area (Å²) in [5.41, 5.74) is 3.57. The van der Waals surface area contributed by atoms with Gasteiger partial charge in [0.2, 0.25) is 0 Å². The van der Waals surface area contributed by atoms with Crippen LogP contribution in [0.5, 0.6) is 0 Å². The second-order valence-electron chi connectivity index (χ2n) is 5.91. The zero-order valence-electron chi connectivity index (χ0n) is 15.7. The van der Waals surface area contributed by atoms with E-state index in [0.717, 1.165) is 24.8 Å². The minimum atomic E-state index is 0.622. The van der Waals surface area contributed by atoms with Gasteiger partial charge in [0.15, 0.2) is 5.96 Å². The van der Waals surface area contributed by atoms with Crippen LogP contribution in [0.4, 0.5) is 0 Å². The van der Waals surface area contributed by atoms with E-state index >= 15 is 0 Å². The Morgan fingerprint density at radius 1 is 0.923 bits per heavy atom. The summed E-state index contributed by atoms with van der Waals surface area (Å²) in [5, 5.41) is 6.62. The molecule has 0 aliphatic heterocycles. The molecule has 0 heterocycles. The Kier molecular flexibility index (Phi) is 9.69. The average Bonchev–Trinajstić information content (AvgIpc) is 2.68. The molecule has 5 heteroatoms. The van der Waals surface area contributed by atoms with Gasteiger partial charge in [0, 0.05) is 18.8 Å². The predicted octanol–water partition coefficient (Wildman–Crippen LogP) is 3.82. The maximum absolute atomic E-state index is 5.78. The third-order valence-electron chi connectivity index (χ3n) is 3.77. The van der Waals surface area contributed by atoms with Crippen molar-refractivity contribution in [1.29, 1.82) is 0 Å². The van der Waals surface area contributed by atoms with Crippen LogP contribution in [0.15, 0.2) is 59.6 Å². The number of nitrogens with zero attached hydrogens (tertiary/aromatic N) is 1. The number of hydrogen-bond acceptors (Lipinski definition) is 3. The minimum Gasteiger partial charge on any atom is -0.372 e. The van der Waals surface area contributed by atoms with E-state index in [1.165, 1.54) is 16.7 Å². The van der Waals surface area contributed by atoms with E-state index in [4.69, 9.17) is 4.74 Å². The molecule has 0 spiro atoms. The molecule has 0 atom stereocenters. The van der Waals surface area contributed by atoms with Crippen molar-refractivity contribution in [3.8, 4) is 0 Å². The van der Waals surface area contributed by atoms with Gasteiger partial charge in [-0.05, 0) is 29.9 Å². The molecule has 0 amide bonds. The van der Waals surface area contributed by atoms with Crippen LogP contribution in [0.3, 0.4) is 0 Å². The first-order chi connectivity index (χ1) is 12.8. The monoisotopic (exact) mass is 371 g/mol. The molecule has 0 aliphatic carbocycles. The number of thioether (sulfide) groups is 1. The summed E-state index contributed by atoms with van der Waals surface area (Å²) in [5.74, 6) is 1.94.